The van der Waals surface area contributed by atoms with Crippen LogP contribution in [0.3, 0.4) is 0 Å². The molecule has 1 aromatic heterocycles. The Labute approximate surface area is 213 Å². The summed E-state index contributed by atoms with van der Waals surface area (Å²) in [4.78, 5) is 36.7. The predicted molar refractivity (Wildman–Crippen MR) is 139 cm³/mol. The van der Waals surface area contributed by atoms with E-state index < -0.39 is 16.7 Å². The number of nitro groups is 1. The van der Waals surface area contributed by atoms with Crippen LogP contribution in [0.4, 0.5) is 17.1 Å². The minimum absolute atomic E-state index is 0.0313. The second-order valence-electron chi connectivity index (χ2n) is 8.24. The molecular weight excluding hydrogens is 474 g/mol. The number of aromatic nitrogens is 2. The molecule has 0 saturated heterocycles. The Balaban J connectivity index is 1.49. The van der Waals surface area contributed by atoms with Crippen molar-refractivity contribution in [1.29, 1.82) is 0 Å². The highest BCUT2D eigenvalue weighted by atomic mass is 16.6. The van der Waals surface area contributed by atoms with E-state index in [9.17, 15) is 19.7 Å². The summed E-state index contributed by atoms with van der Waals surface area (Å²) in [5.74, 6) is -0.741. The summed E-state index contributed by atoms with van der Waals surface area (Å²) in [6.45, 7) is 4.18. The summed E-state index contributed by atoms with van der Waals surface area (Å²) in [6, 6.07) is 20.4. The van der Waals surface area contributed by atoms with Crippen molar-refractivity contribution in [2.45, 2.75) is 27.0 Å². The first-order valence-electron chi connectivity index (χ1n) is 11.6. The highest BCUT2D eigenvalue weighted by Gasteiger charge is 2.20. The van der Waals surface area contributed by atoms with Crippen LogP contribution in [0.15, 0.2) is 79.0 Å². The molecule has 0 saturated carbocycles. The number of ether oxygens (including phenoxy) is 1. The summed E-state index contributed by atoms with van der Waals surface area (Å²) in [5.41, 5.74) is 2.58. The normalized spacial score (nSPS) is 10.5. The standard InChI is InChI=1S/C27H25N5O5/c1-3-31-16-22(25(30-31)27(34)28-21-10-5-4-6-11-21)29-26(33)20-9-7-8-19(15-20)17-37-24-13-12-18(2)14-23(24)32(35)36/h4-16H,3,17H2,1-2H3,(H,28,34)(H,29,33). The van der Waals surface area contributed by atoms with Gasteiger partial charge in [-0.3, -0.25) is 24.4 Å². The van der Waals surface area contributed by atoms with E-state index in [2.05, 4.69) is 15.7 Å². The zero-order chi connectivity index (χ0) is 26.4. The Hall–Kier alpha value is -4.99. The van der Waals surface area contributed by atoms with E-state index >= 15 is 0 Å². The van der Waals surface area contributed by atoms with Gasteiger partial charge in [-0.05, 0) is 55.3 Å². The fourth-order valence-corrected chi connectivity index (χ4v) is 3.60. The molecule has 188 valence electrons. The van der Waals surface area contributed by atoms with Crippen molar-refractivity contribution in [2.24, 2.45) is 0 Å². The number of nitrogens with one attached hydrogen (secondary N) is 2. The number of amides is 2. The molecule has 0 spiro atoms. The quantitative estimate of drug-likeness (QED) is 0.240. The van der Waals surface area contributed by atoms with Crippen molar-refractivity contribution >= 4 is 28.9 Å². The molecule has 0 aliphatic heterocycles. The number of hydrogen-bond acceptors (Lipinski definition) is 6. The molecule has 0 aliphatic rings. The first kappa shape index (κ1) is 25.1. The molecular formula is C27H25N5O5. The number of rotatable bonds is 9. The number of carbonyl (C=O) groups is 2. The van der Waals surface area contributed by atoms with Crippen LogP contribution < -0.4 is 15.4 Å². The van der Waals surface area contributed by atoms with Crippen LogP contribution in [0, 0.1) is 17.0 Å². The first-order valence-corrected chi connectivity index (χ1v) is 11.6. The smallest absolute Gasteiger partial charge is 0.311 e. The molecule has 4 rings (SSSR count). The van der Waals surface area contributed by atoms with Gasteiger partial charge in [-0.2, -0.15) is 5.10 Å². The van der Waals surface area contributed by atoms with Gasteiger partial charge >= 0.3 is 5.69 Å². The number of aryl methyl sites for hydroxylation is 2. The fourth-order valence-electron chi connectivity index (χ4n) is 3.60. The van der Waals surface area contributed by atoms with Crippen LogP contribution in [0.1, 0.15) is 38.9 Å². The second-order valence-corrected chi connectivity index (χ2v) is 8.24. The number of carbonyl (C=O) groups excluding carboxylic acids is 2. The van der Waals surface area contributed by atoms with Crippen molar-refractivity contribution in [1.82, 2.24) is 9.78 Å². The van der Waals surface area contributed by atoms with Crippen molar-refractivity contribution in [3.8, 4) is 5.75 Å². The topological polar surface area (TPSA) is 128 Å². The second kappa shape index (κ2) is 11.2. The molecule has 10 heteroatoms. The molecule has 1 heterocycles. The highest BCUT2D eigenvalue weighted by molar-refractivity contribution is 6.11. The number of anilines is 2. The van der Waals surface area contributed by atoms with Crippen molar-refractivity contribution < 1.29 is 19.2 Å². The zero-order valence-corrected chi connectivity index (χ0v) is 20.3. The number of nitrogens with zero attached hydrogens (tertiary/aromatic N) is 3. The van der Waals surface area contributed by atoms with Crippen LogP contribution in [-0.4, -0.2) is 26.5 Å². The van der Waals surface area contributed by atoms with Crippen LogP contribution in [0.25, 0.3) is 0 Å². The number of benzene rings is 3. The maximum absolute atomic E-state index is 13.0. The molecule has 0 unspecified atom stereocenters. The summed E-state index contributed by atoms with van der Waals surface area (Å²) < 4.78 is 7.24. The van der Waals surface area contributed by atoms with Crippen LogP contribution in [-0.2, 0) is 13.2 Å². The molecule has 0 atom stereocenters. The molecule has 3 aromatic carbocycles. The third-order valence-corrected chi connectivity index (χ3v) is 5.48. The van der Waals surface area contributed by atoms with Gasteiger partial charge in [-0.1, -0.05) is 36.4 Å². The van der Waals surface area contributed by atoms with Gasteiger partial charge in [0.2, 0.25) is 0 Å². The molecule has 37 heavy (non-hydrogen) atoms. The molecule has 2 amide bonds. The maximum Gasteiger partial charge on any atom is 0.311 e. The first-order chi connectivity index (χ1) is 17.8. The number of hydrogen-bond donors (Lipinski definition) is 2. The molecule has 0 bridgehead atoms. The van der Waals surface area contributed by atoms with Gasteiger partial charge in [0, 0.05) is 30.1 Å². The third-order valence-electron chi connectivity index (χ3n) is 5.48. The van der Waals surface area contributed by atoms with Crippen LogP contribution in [0.2, 0.25) is 0 Å². The zero-order valence-electron chi connectivity index (χ0n) is 20.3. The average Bonchev–Trinajstić information content (AvgIpc) is 3.31. The van der Waals surface area contributed by atoms with E-state index in [-0.39, 0.29) is 29.4 Å². The van der Waals surface area contributed by atoms with E-state index in [1.165, 1.54) is 6.07 Å². The van der Waals surface area contributed by atoms with Crippen molar-refractivity contribution in [3.05, 3.63) is 111 Å². The van der Waals surface area contributed by atoms with E-state index in [1.54, 1.807) is 78.5 Å². The molecule has 4 aromatic rings. The fraction of sp³-hybridized carbons (Fsp3) is 0.148. The Bertz CT molecular complexity index is 1450. The minimum atomic E-state index is -0.492. The van der Waals surface area contributed by atoms with E-state index in [0.717, 1.165) is 5.56 Å². The molecule has 10 nitrogen and oxygen atoms in total. The Morgan fingerprint density at radius 2 is 1.78 bits per heavy atom. The molecule has 0 radical (unpaired) electrons. The van der Waals surface area contributed by atoms with Crippen molar-refractivity contribution in [2.75, 3.05) is 10.6 Å². The summed E-state index contributed by atoms with van der Waals surface area (Å²) in [6.07, 6.45) is 1.60. The molecule has 0 fully saturated rings. The lowest BCUT2D eigenvalue weighted by atomic mass is 10.1. The van der Waals surface area contributed by atoms with Gasteiger partial charge in [0.1, 0.15) is 6.61 Å². The van der Waals surface area contributed by atoms with Crippen molar-refractivity contribution in [3.63, 3.8) is 0 Å². The summed E-state index contributed by atoms with van der Waals surface area (Å²) in [5, 5.41) is 21.2. The highest BCUT2D eigenvalue weighted by Crippen LogP contribution is 2.28. The Morgan fingerprint density at radius 3 is 2.51 bits per heavy atom. The minimum Gasteiger partial charge on any atom is -0.482 e. The summed E-state index contributed by atoms with van der Waals surface area (Å²) in [7, 11) is 0. The van der Waals surface area contributed by atoms with E-state index in [1.807, 2.05) is 13.0 Å². The van der Waals surface area contributed by atoms with Gasteiger partial charge in [-0.25, -0.2) is 0 Å². The van der Waals surface area contributed by atoms with Gasteiger partial charge < -0.3 is 15.4 Å². The third kappa shape index (κ3) is 6.17. The lowest BCUT2D eigenvalue weighted by Crippen LogP contribution is -2.18. The van der Waals surface area contributed by atoms with Gasteiger partial charge in [-0.15, -0.1) is 0 Å². The summed E-state index contributed by atoms with van der Waals surface area (Å²) >= 11 is 0. The largest absolute Gasteiger partial charge is 0.482 e. The Kier molecular flexibility index (Phi) is 7.58. The lowest BCUT2D eigenvalue weighted by molar-refractivity contribution is -0.386. The number of para-hydroxylation sites is 1. The van der Waals surface area contributed by atoms with Crippen LogP contribution in [0.5, 0.6) is 5.75 Å². The van der Waals surface area contributed by atoms with Gasteiger partial charge in [0.05, 0.1) is 10.6 Å². The van der Waals surface area contributed by atoms with Gasteiger partial charge in [0.15, 0.2) is 11.4 Å². The predicted octanol–water partition coefficient (Wildman–Crippen LogP) is 5.20. The monoisotopic (exact) mass is 499 g/mol. The number of nitro benzene ring substituents is 1. The average molecular weight is 500 g/mol. The van der Waals surface area contributed by atoms with Crippen LogP contribution >= 0.6 is 0 Å². The van der Waals surface area contributed by atoms with E-state index in [4.69, 9.17) is 4.74 Å². The Morgan fingerprint density at radius 1 is 1.00 bits per heavy atom. The maximum atomic E-state index is 13.0. The van der Waals surface area contributed by atoms with Gasteiger partial charge in [0.25, 0.3) is 11.8 Å². The molecule has 2 N–H and O–H groups in total. The SMILES string of the molecule is CCn1cc(NC(=O)c2cccc(COc3ccc(C)cc3[N+](=O)[O-])c2)c(C(=O)Nc2ccccc2)n1. The molecule has 0 aliphatic carbocycles. The lowest BCUT2D eigenvalue weighted by Gasteiger charge is -2.10. The van der Waals surface area contributed by atoms with E-state index in [0.29, 0.717) is 23.4 Å².